The van der Waals surface area contributed by atoms with E-state index in [1.54, 1.807) is 12.3 Å². The van der Waals surface area contributed by atoms with E-state index in [-0.39, 0.29) is 17.7 Å². The number of aryl methyl sites for hydroxylation is 1. The molecule has 2 atom stereocenters. The lowest BCUT2D eigenvalue weighted by atomic mass is 10.1. The summed E-state index contributed by atoms with van der Waals surface area (Å²) in [5.41, 5.74) is 1.91. The molecule has 1 N–H and O–H groups in total. The minimum atomic E-state index is -0.232. The Morgan fingerprint density at radius 1 is 1.35 bits per heavy atom. The Hall–Kier alpha value is -2.91. The first kappa shape index (κ1) is 16.6. The third-order valence-corrected chi connectivity index (χ3v) is 5.16. The van der Waals surface area contributed by atoms with Gasteiger partial charge in [-0.05, 0) is 36.9 Å². The van der Waals surface area contributed by atoms with Crippen LogP contribution in [0.1, 0.15) is 12.2 Å². The van der Waals surface area contributed by atoms with Crippen LogP contribution in [0.2, 0.25) is 5.02 Å². The number of carbonyl (C=O) groups excluding carboxylic acids is 1. The molecule has 26 heavy (non-hydrogen) atoms. The number of benzene rings is 1. The van der Waals surface area contributed by atoms with Gasteiger partial charge in [0.25, 0.3) is 0 Å². The fourth-order valence-electron chi connectivity index (χ4n) is 3.05. The van der Waals surface area contributed by atoms with Crippen molar-refractivity contribution in [3.8, 4) is 17.3 Å². The standard InChI is InChI=1S/C19H16ClN5O/c1-10-22-9-17(25(10)2)12-3-11-6-18(23-8-15(11)16(20)5-12)24-19(26)14-4-13(14)7-21/h3,5-6,8-9,13-14H,4H2,1-2H3,(H,23,24,26)/t13-,14+/m0/s1. The molecule has 1 aromatic carbocycles. The van der Waals surface area contributed by atoms with Gasteiger partial charge in [0.05, 0.1) is 34.8 Å². The summed E-state index contributed by atoms with van der Waals surface area (Å²) in [6, 6.07) is 7.81. The van der Waals surface area contributed by atoms with Crippen LogP contribution in [0.5, 0.6) is 0 Å². The first-order valence-corrected chi connectivity index (χ1v) is 8.64. The summed E-state index contributed by atoms with van der Waals surface area (Å²) >= 11 is 6.43. The number of nitrogens with one attached hydrogen (secondary N) is 1. The van der Waals surface area contributed by atoms with E-state index < -0.39 is 0 Å². The number of aromatic nitrogens is 3. The minimum absolute atomic E-state index is 0.159. The number of amides is 1. The van der Waals surface area contributed by atoms with Crippen LogP contribution in [0.3, 0.4) is 0 Å². The topological polar surface area (TPSA) is 83.6 Å². The van der Waals surface area contributed by atoms with Crippen molar-refractivity contribution in [3.05, 3.63) is 41.4 Å². The monoisotopic (exact) mass is 365 g/mol. The summed E-state index contributed by atoms with van der Waals surface area (Å²) in [6.45, 7) is 1.94. The summed E-state index contributed by atoms with van der Waals surface area (Å²) in [7, 11) is 1.95. The van der Waals surface area contributed by atoms with Crippen LogP contribution in [0.4, 0.5) is 5.82 Å². The van der Waals surface area contributed by atoms with Crippen molar-refractivity contribution in [3.63, 3.8) is 0 Å². The van der Waals surface area contributed by atoms with Gasteiger partial charge < -0.3 is 9.88 Å². The maximum Gasteiger partial charge on any atom is 0.230 e. The highest BCUT2D eigenvalue weighted by atomic mass is 35.5. The molecule has 1 fully saturated rings. The third-order valence-electron chi connectivity index (χ3n) is 4.85. The van der Waals surface area contributed by atoms with Crippen LogP contribution >= 0.6 is 11.6 Å². The summed E-state index contributed by atoms with van der Waals surface area (Å²) < 4.78 is 2.00. The molecule has 2 aromatic heterocycles. The van der Waals surface area contributed by atoms with Gasteiger partial charge in [-0.25, -0.2) is 9.97 Å². The normalized spacial score (nSPS) is 18.5. The highest BCUT2D eigenvalue weighted by molar-refractivity contribution is 6.36. The van der Waals surface area contributed by atoms with Gasteiger partial charge in [-0.2, -0.15) is 5.26 Å². The van der Waals surface area contributed by atoms with Crippen LogP contribution < -0.4 is 5.32 Å². The Morgan fingerprint density at radius 2 is 2.15 bits per heavy atom. The molecule has 0 spiro atoms. The van der Waals surface area contributed by atoms with E-state index in [2.05, 4.69) is 21.4 Å². The summed E-state index contributed by atoms with van der Waals surface area (Å²) in [5, 5.41) is 13.9. The van der Waals surface area contributed by atoms with Crippen LogP contribution in [0.15, 0.2) is 30.6 Å². The second-order valence-electron chi connectivity index (χ2n) is 6.57. The van der Waals surface area contributed by atoms with Crippen molar-refractivity contribution < 1.29 is 4.79 Å². The fraction of sp³-hybridized carbons (Fsp3) is 0.263. The number of carbonyl (C=O) groups is 1. The van der Waals surface area contributed by atoms with Crippen molar-refractivity contribution in [1.29, 1.82) is 5.26 Å². The number of nitrogens with zero attached hydrogens (tertiary/aromatic N) is 4. The Kier molecular flexibility index (Phi) is 3.89. The first-order valence-electron chi connectivity index (χ1n) is 8.26. The van der Waals surface area contributed by atoms with Crippen LogP contribution in [-0.4, -0.2) is 20.4 Å². The van der Waals surface area contributed by atoms with Crippen molar-refractivity contribution in [2.75, 3.05) is 5.32 Å². The van der Waals surface area contributed by atoms with Crippen molar-refractivity contribution in [2.24, 2.45) is 18.9 Å². The molecule has 130 valence electrons. The molecule has 4 rings (SSSR count). The smallest absolute Gasteiger partial charge is 0.230 e. The fourth-order valence-corrected chi connectivity index (χ4v) is 3.32. The van der Waals surface area contributed by atoms with Gasteiger partial charge in [0.1, 0.15) is 11.6 Å². The van der Waals surface area contributed by atoms with E-state index in [0.29, 0.717) is 17.3 Å². The molecule has 3 aromatic rings. The Labute approximate surface area is 155 Å². The van der Waals surface area contributed by atoms with Gasteiger partial charge >= 0.3 is 0 Å². The molecule has 0 aliphatic heterocycles. The lowest BCUT2D eigenvalue weighted by Gasteiger charge is -2.09. The van der Waals surface area contributed by atoms with Gasteiger partial charge in [0, 0.05) is 24.2 Å². The van der Waals surface area contributed by atoms with Crippen LogP contribution in [0, 0.1) is 30.1 Å². The molecule has 1 amide bonds. The summed E-state index contributed by atoms with van der Waals surface area (Å²) in [6.07, 6.45) is 4.08. The first-order chi connectivity index (χ1) is 12.5. The number of pyridine rings is 1. The third kappa shape index (κ3) is 2.80. The molecule has 1 saturated carbocycles. The molecule has 0 saturated heterocycles. The molecule has 6 nitrogen and oxygen atoms in total. The van der Waals surface area contributed by atoms with Crippen molar-refractivity contribution in [2.45, 2.75) is 13.3 Å². The number of imidazole rings is 1. The van der Waals surface area contributed by atoms with Crippen LogP contribution in [0.25, 0.3) is 22.0 Å². The maximum absolute atomic E-state index is 12.1. The van der Waals surface area contributed by atoms with Crippen LogP contribution in [-0.2, 0) is 11.8 Å². The zero-order chi connectivity index (χ0) is 18.4. The molecule has 1 aliphatic rings. The summed E-state index contributed by atoms with van der Waals surface area (Å²) in [4.78, 5) is 20.7. The number of nitriles is 1. The molecule has 2 heterocycles. The Bertz CT molecular complexity index is 1080. The van der Waals surface area contributed by atoms with E-state index in [9.17, 15) is 4.79 Å². The lowest BCUT2D eigenvalue weighted by molar-refractivity contribution is -0.117. The van der Waals surface area contributed by atoms with E-state index in [1.165, 1.54) is 0 Å². The summed E-state index contributed by atoms with van der Waals surface area (Å²) in [5.74, 6) is 0.804. The molecule has 7 heteroatoms. The molecule has 0 unspecified atom stereocenters. The molecule has 0 radical (unpaired) electrons. The van der Waals surface area contributed by atoms with Gasteiger partial charge in [-0.1, -0.05) is 11.6 Å². The molecular formula is C19H16ClN5O. The lowest BCUT2D eigenvalue weighted by Crippen LogP contribution is -2.15. The molecule has 1 aliphatic carbocycles. The Balaban J connectivity index is 1.69. The average molecular weight is 366 g/mol. The second kappa shape index (κ2) is 6.11. The number of hydrogen-bond acceptors (Lipinski definition) is 4. The van der Waals surface area contributed by atoms with E-state index in [4.69, 9.17) is 16.9 Å². The maximum atomic E-state index is 12.1. The predicted octanol–water partition coefficient (Wildman–Crippen LogP) is 3.70. The quantitative estimate of drug-likeness (QED) is 0.767. The highest BCUT2D eigenvalue weighted by Gasteiger charge is 2.43. The minimum Gasteiger partial charge on any atom is -0.331 e. The van der Waals surface area contributed by atoms with Gasteiger partial charge in [-0.15, -0.1) is 0 Å². The molecule has 0 bridgehead atoms. The van der Waals surface area contributed by atoms with E-state index in [1.807, 2.05) is 36.9 Å². The number of anilines is 1. The highest BCUT2D eigenvalue weighted by Crippen LogP contribution is 2.38. The van der Waals surface area contributed by atoms with Gasteiger partial charge in [-0.3, -0.25) is 4.79 Å². The second-order valence-corrected chi connectivity index (χ2v) is 6.97. The Morgan fingerprint density at radius 3 is 2.81 bits per heavy atom. The zero-order valence-electron chi connectivity index (χ0n) is 14.3. The van der Waals surface area contributed by atoms with Crippen molar-refractivity contribution >= 4 is 34.1 Å². The SMILES string of the molecule is Cc1ncc(-c2cc(Cl)c3cnc(NC(=O)[C@@H]4C[C@H]4C#N)cc3c2)n1C. The number of hydrogen-bond donors (Lipinski definition) is 1. The van der Waals surface area contributed by atoms with E-state index in [0.717, 1.165) is 27.9 Å². The number of rotatable bonds is 3. The predicted molar refractivity (Wildman–Crippen MR) is 99.5 cm³/mol. The van der Waals surface area contributed by atoms with E-state index >= 15 is 0 Å². The molecular weight excluding hydrogens is 350 g/mol. The number of halogens is 1. The zero-order valence-corrected chi connectivity index (χ0v) is 15.1. The average Bonchev–Trinajstić information content (AvgIpc) is 3.34. The van der Waals surface area contributed by atoms with Crippen molar-refractivity contribution in [1.82, 2.24) is 14.5 Å². The van der Waals surface area contributed by atoms with Gasteiger partial charge in [0.15, 0.2) is 0 Å². The van der Waals surface area contributed by atoms with Gasteiger partial charge in [0.2, 0.25) is 5.91 Å². The number of fused-ring (bicyclic) bond motifs is 1. The largest absolute Gasteiger partial charge is 0.331 e.